The van der Waals surface area contributed by atoms with Crippen LogP contribution in [-0.4, -0.2) is 24.9 Å². The van der Waals surface area contributed by atoms with E-state index in [2.05, 4.69) is 20.3 Å². The number of nitrogens with zero attached hydrogens (tertiary/aromatic N) is 5. The summed E-state index contributed by atoms with van der Waals surface area (Å²) in [6.45, 7) is 3.98. The van der Waals surface area contributed by atoms with Gasteiger partial charge in [-0.15, -0.1) is 10.2 Å². The van der Waals surface area contributed by atoms with E-state index >= 15 is 0 Å². The summed E-state index contributed by atoms with van der Waals surface area (Å²) in [6.07, 6.45) is 2.41. The number of thioether (sulfide) groups is 1. The number of hydrogen-bond acceptors (Lipinski definition) is 6. The molecule has 0 spiro atoms. The van der Waals surface area contributed by atoms with E-state index in [0.29, 0.717) is 16.7 Å². The topological polar surface area (TPSA) is 69.6 Å². The van der Waals surface area contributed by atoms with Crippen molar-refractivity contribution in [3.63, 3.8) is 0 Å². The SMILES string of the molecule is CCc1noc(C(C)Sc2nncn2-c2cccc(Cl)c2)n1. The predicted molar refractivity (Wildman–Crippen MR) is 84.3 cm³/mol. The van der Waals surface area contributed by atoms with Gasteiger partial charge in [-0.3, -0.25) is 4.57 Å². The standard InChI is InChI=1S/C14H14ClN5OS/c1-3-12-17-13(21-19-12)9(2)22-14-18-16-8-20(14)11-6-4-5-10(15)7-11/h4-9H,3H2,1-2H3. The lowest BCUT2D eigenvalue weighted by Crippen LogP contribution is -1.97. The molecule has 0 fully saturated rings. The normalized spacial score (nSPS) is 12.5. The summed E-state index contributed by atoms with van der Waals surface area (Å²) in [6, 6.07) is 7.53. The van der Waals surface area contributed by atoms with Crippen molar-refractivity contribution >= 4 is 23.4 Å². The van der Waals surface area contributed by atoms with Crippen LogP contribution in [0.25, 0.3) is 5.69 Å². The van der Waals surface area contributed by atoms with Gasteiger partial charge < -0.3 is 4.52 Å². The molecule has 3 aromatic rings. The Morgan fingerprint density at radius 1 is 1.41 bits per heavy atom. The highest BCUT2D eigenvalue weighted by Gasteiger charge is 2.18. The summed E-state index contributed by atoms with van der Waals surface area (Å²) >= 11 is 7.54. The Kier molecular flexibility index (Phi) is 4.44. The van der Waals surface area contributed by atoms with Crippen LogP contribution >= 0.6 is 23.4 Å². The third-order valence-electron chi connectivity index (χ3n) is 3.03. The largest absolute Gasteiger partial charge is 0.338 e. The monoisotopic (exact) mass is 335 g/mol. The van der Waals surface area contributed by atoms with Crippen molar-refractivity contribution in [3.8, 4) is 5.69 Å². The molecule has 3 rings (SSSR count). The second-order valence-corrected chi connectivity index (χ2v) is 6.37. The van der Waals surface area contributed by atoms with Crippen molar-refractivity contribution in [2.24, 2.45) is 0 Å². The molecule has 2 heterocycles. The Morgan fingerprint density at radius 3 is 3.00 bits per heavy atom. The maximum Gasteiger partial charge on any atom is 0.239 e. The lowest BCUT2D eigenvalue weighted by Gasteiger charge is -2.08. The summed E-state index contributed by atoms with van der Waals surface area (Å²) in [4.78, 5) is 4.35. The zero-order valence-electron chi connectivity index (χ0n) is 12.1. The number of hydrogen-bond donors (Lipinski definition) is 0. The van der Waals surface area contributed by atoms with Gasteiger partial charge in [-0.05, 0) is 25.1 Å². The smallest absolute Gasteiger partial charge is 0.239 e. The molecule has 6 nitrogen and oxygen atoms in total. The predicted octanol–water partition coefficient (Wildman–Crippen LogP) is 3.72. The van der Waals surface area contributed by atoms with E-state index in [4.69, 9.17) is 16.1 Å². The highest BCUT2D eigenvalue weighted by Crippen LogP contribution is 2.33. The molecule has 0 bridgehead atoms. The molecule has 1 unspecified atom stereocenters. The van der Waals surface area contributed by atoms with Crippen molar-refractivity contribution < 1.29 is 4.52 Å². The zero-order valence-corrected chi connectivity index (χ0v) is 13.7. The number of halogens is 1. The van der Waals surface area contributed by atoms with Crippen molar-refractivity contribution in [1.29, 1.82) is 0 Å². The molecule has 0 aliphatic carbocycles. The molecule has 0 saturated heterocycles. The first-order valence-corrected chi connectivity index (χ1v) is 8.08. The summed E-state index contributed by atoms with van der Waals surface area (Å²) in [5.74, 6) is 1.29. The highest BCUT2D eigenvalue weighted by atomic mass is 35.5. The van der Waals surface area contributed by atoms with Gasteiger partial charge in [-0.25, -0.2) is 0 Å². The molecule has 8 heteroatoms. The third-order valence-corrected chi connectivity index (χ3v) is 4.31. The minimum atomic E-state index is -0.0186. The minimum absolute atomic E-state index is 0.0186. The van der Waals surface area contributed by atoms with Crippen LogP contribution in [0.15, 0.2) is 40.3 Å². The highest BCUT2D eigenvalue weighted by molar-refractivity contribution is 7.99. The second kappa shape index (κ2) is 6.50. The fourth-order valence-corrected chi connectivity index (χ4v) is 2.95. The Hall–Kier alpha value is -1.86. The van der Waals surface area contributed by atoms with Gasteiger partial charge in [-0.2, -0.15) is 4.98 Å². The maximum atomic E-state index is 6.04. The van der Waals surface area contributed by atoms with E-state index in [1.54, 1.807) is 6.33 Å². The van der Waals surface area contributed by atoms with Crippen LogP contribution in [0.1, 0.15) is 30.8 Å². The molecular weight excluding hydrogens is 322 g/mol. The molecule has 1 atom stereocenters. The van der Waals surface area contributed by atoms with Gasteiger partial charge in [0.25, 0.3) is 0 Å². The van der Waals surface area contributed by atoms with Crippen LogP contribution in [0.2, 0.25) is 5.02 Å². The van der Waals surface area contributed by atoms with Crippen molar-refractivity contribution in [2.75, 3.05) is 0 Å². The van der Waals surface area contributed by atoms with Gasteiger partial charge in [0.15, 0.2) is 11.0 Å². The molecule has 114 valence electrons. The van der Waals surface area contributed by atoms with Gasteiger partial charge in [0.2, 0.25) is 5.89 Å². The molecule has 0 amide bonds. The van der Waals surface area contributed by atoms with Crippen LogP contribution in [0.3, 0.4) is 0 Å². The van der Waals surface area contributed by atoms with Crippen LogP contribution in [-0.2, 0) is 6.42 Å². The van der Waals surface area contributed by atoms with Crippen molar-refractivity contribution in [1.82, 2.24) is 24.9 Å². The number of benzene rings is 1. The molecule has 22 heavy (non-hydrogen) atoms. The minimum Gasteiger partial charge on any atom is -0.338 e. The lowest BCUT2D eigenvalue weighted by molar-refractivity contribution is 0.375. The molecular formula is C14H14ClN5OS. The first-order valence-electron chi connectivity index (χ1n) is 6.82. The number of aromatic nitrogens is 5. The third kappa shape index (κ3) is 3.15. The van der Waals surface area contributed by atoms with Crippen molar-refractivity contribution in [3.05, 3.63) is 47.3 Å². The summed E-state index contributed by atoms with van der Waals surface area (Å²) in [5, 5.41) is 13.4. The van der Waals surface area contributed by atoms with Gasteiger partial charge in [0.1, 0.15) is 6.33 Å². The Labute approximate surface area is 136 Å². The average Bonchev–Trinajstić information content (AvgIpc) is 3.16. The molecule has 0 aliphatic rings. The van der Waals surface area contributed by atoms with Gasteiger partial charge >= 0.3 is 0 Å². The van der Waals surface area contributed by atoms with Crippen LogP contribution in [0, 0.1) is 0 Å². The van der Waals surface area contributed by atoms with Crippen molar-refractivity contribution in [2.45, 2.75) is 30.7 Å². The summed E-state index contributed by atoms with van der Waals surface area (Å²) < 4.78 is 7.15. The Morgan fingerprint density at radius 2 is 2.27 bits per heavy atom. The maximum absolute atomic E-state index is 6.04. The molecule has 0 N–H and O–H groups in total. The van der Waals surface area contributed by atoms with E-state index in [1.165, 1.54) is 11.8 Å². The molecule has 0 saturated carbocycles. The second-order valence-electron chi connectivity index (χ2n) is 4.63. The van der Waals surface area contributed by atoms with Gasteiger partial charge in [0.05, 0.1) is 10.9 Å². The number of aryl methyl sites for hydroxylation is 1. The quantitative estimate of drug-likeness (QED) is 0.662. The average molecular weight is 336 g/mol. The van der Waals surface area contributed by atoms with Gasteiger partial charge in [-0.1, -0.05) is 41.5 Å². The molecule has 0 aliphatic heterocycles. The lowest BCUT2D eigenvalue weighted by atomic mass is 10.3. The fraction of sp³-hybridized carbons (Fsp3) is 0.286. The summed E-state index contributed by atoms with van der Waals surface area (Å²) in [7, 11) is 0. The van der Waals surface area contributed by atoms with E-state index in [9.17, 15) is 0 Å². The van der Waals surface area contributed by atoms with E-state index in [-0.39, 0.29) is 5.25 Å². The molecule has 0 radical (unpaired) electrons. The van der Waals surface area contributed by atoms with E-state index < -0.39 is 0 Å². The fourth-order valence-electron chi connectivity index (χ4n) is 1.89. The Balaban J connectivity index is 1.83. The van der Waals surface area contributed by atoms with Gasteiger partial charge in [0, 0.05) is 11.4 Å². The van der Waals surface area contributed by atoms with E-state index in [1.807, 2.05) is 42.7 Å². The zero-order chi connectivity index (χ0) is 15.5. The molecule has 2 aromatic heterocycles. The molecule has 1 aromatic carbocycles. The number of rotatable bonds is 5. The first kappa shape index (κ1) is 15.1. The first-order chi connectivity index (χ1) is 10.7. The van der Waals surface area contributed by atoms with Crippen LogP contribution in [0.4, 0.5) is 0 Å². The van der Waals surface area contributed by atoms with Crippen LogP contribution in [0.5, 0.6) is 0 Å². The van der Waals surface area contributed by atoms with Crippen LogP contribution < -0.4 is 0 Å². The van der Waals surface area contributed by atoms with E-state index in [0.717, 1.165) is 17.3 Å². The summed E-state index contributed by atoms with van der Waals surface area (Å²) in [5.41, 5.74) is 0.909. The Bertz CT molecular complexity index is 772.